The smallest absolute Gasteiger partial charge is 0.201 e. The average Bonchev–Trinajstić information content (AvgIpc) is 2.76. The molecule has 0 unspecified atom stereocenters. The van der Waals surface area contributed by atoms with E-state index in [1.807, 2.05) is 6.07 Å². The van der Waals surface area contributed by atoms with Crippen molar-refractivity contribution >= 4 is 28.1 Å². The van der Waals surface area contributed by atoms with E-state index in [9.17, 15) is 0 Å². The number of nitriles is 1. The monoisotopic (exact) mass is 227 g/mol. The summed E-state index contributed by atoms with van der Waals surface area (Å²) in [5, 5.41) is 27.2. The van der Waals surface area contributed by atoms with Gasteiger partial charge in [0.25, 0.3) is 0 Å². The van der Waals surface area contributed by atoms with Gasteiger partial charge in [0.05, 0.1) is 17.4 Å². The van der Waals surface area contributed by atoms with Crippen molar-refractivity contribution < 1.29 is 0 Å². The Hall–Kier alpha value is -2.88. The van der Waals surface area contributed by atoms with Gasteiger partial charge in [-0.15, -0.1) is 0 Å². The first-order valence-corrected chi connectivity index (χ1v) is 4.72. The maximum Gasteiger partial charge on any atom is 0.201 e. The number of nitrogens with zero attached hydrogens (tertiary/aromatic N) is 3. The molecule has 5 N–H and O–H groups in total. The standard InChI is InChI=1S/C10H9N7/c11-4-9(10(12)13)17-15-7-2-1-6-5-14-16-8(6)3-7/h1-3,5,15H,(H3,12,13)(H,14,16)/b17-9+. The molecule has 0 bridgehead atoms. The van der Waals surface area contributed by atoms with Crippen LogP contribution in [0.3, 0.4) is 0 Å². The molecular weight excluding hydrogens is 218 g/mol. The van der Waals surface area contributed by atoms with Crippen LogP contribution >= 0.6 is 0 Å². The highest BCUT2D eigenvalue weighted by atomic mass is 15.3. The van der Waals surface area contributed by atoms with Crippen molar-refractivity contribution in [3.63, 3.8) is 0 Å². The molecule has 17 heavy (non-hydrogen) atoms. The molecule has 7 nitrogen and oxygen atoms in total. The Balaban J connectivity index is 2.24. The van der Waals surface area contributed by atoms with Crippen LogP contribution in [0.5, 0.6) is 0 Å². The molecule has 0 amide bonds. The van der Waals surface area contributed by atoms with Gasteiger partial charge in [-0.05, 0) is 18.2 Å². The van der Waals surface area contributed by atoms with Gasteiger partial charge in [-0.3, -0.25) is 15.9 Å². The minimum absolute atomic E-state index is 0.158. The highest BCUT2D eigenvalue weighted by Gasteiger charge is 2.01. The SMILES string of the molecule is N#C/C(=N\Nc1ccc2cn[nH]c2c1)C(=N)N. The minimum atomic E-state index is -0.373. The zero-order valence-corrected chi connectivity index (χ0v) is 8.73. The molecule has 0 aliphatic heterocycles. The molecular formula is C10H9N7. The number of fused-ring (bicyclic) bond motifs is 1. The summed E-state index contributed by atoms with van der Waals surface area (Å²) in [5.41, 5.74) is 9.19. The highest BCUT2D eigenvalue weighted by Crippen LogP contribution is 2.16. The van der Waals surface area contributed by atoms with E-state index >= 15 is 0 Å². The van der Waals surface area contributed by atoms with Crippen LogP contribution in [0, 0.1) is 16.7 Å². The molecule has 0 spiro atoms. The molecule has 0 saturated carbocycles. The van der Waals surface area contributed by atoms with Crippen LogP contribution in [-0.4, -0.2) is 21.7 Å². The molecule has 7 heteroatoms. The number of anilines is 1. The summed E-state index contributed by atoms with van der Waals surface area (Å²) in [6.45, 7) is 0. The van der Waals surface area contributed by atoms with Gasteiger partial charge in [-0.2, -0.15) is 15.5 Å². The summed E-state index contributed by atoms with van der Waals surface area (Å²) in [6.07, 6.45) is 1.71. The molecule has 0 atom stereocenters. The Bertz CT molecular complexity index is 631. The highest BCUT2D eigenvalue weighted by molar-refractivity contribution is 6.45. The van der Waals surface area contributed by atoms with Crippen LogP contribution in [0.25, 0.3) is 10.9 Å². The molecule has 0 fully saturated rings. The third kappa shape index (κ3) is 2.21. The van der Waals surface area contributed by atoms with Gasteiger partial charge in [0.2, 0.25) is 5.71 Å². The summed E-state index contributed by atoms with van der Waals surface area (Å²) in [7, 11) is 0. The molecule has 0 saturated heterocycles. The Morgan fingerprint density at radius 1 is 1.59 bits per heavy atom. The van der Waals surface area contributed by atoms with Gasteiger partial charge in [-0.25, -0.2) is 0 Å². The van der Waals surface area contributed by atoms with Crippen LogP contribution in [0.1, 0.15) is 0 Å². The summed E-state index contributed by atoms with van der Waals surface area (Å²) in [4.78, 5) is 0. The van der Waals surface area contributed by atoms with Gasteiger partial charge in [0.1, 0.15) is 6.07 Å². The van der Waals surface area contributed by atoms with E-state index in [-0.39, 0.29) is 11.5 Å². The van der Waals surface area contributed by atoms with Crippen LogP contribution < -0.4 is 11.2 Å². The lowest BCUT2D eigenvalue weighted by molar-refractivity contribution is 1.12. The lowest BCUT2D eigenvalue weighted by Gasteiger charge is -2.00. The first kappa shape index (κ1) is 10.6. The van der Waals surface area contributed by atoms with Gasteiger partial charge >= 0.3 is 0 Å². The van der Waals surface area contributed by atoms with E-state index in [0.717, 1.165) is 10.9 Å². The number of aromatic nitrogens is 2. The van der Waals surface area contributed by atoms with Crippen molar-refractivity contribution in [3.05, 3.63) is 24.4 Å². The van der Waals surface area contributed by atoms with Gasteiger partial charge in [-0.1, -0.05) is 0 Å². The first-order valence-electron chi connectivity index (χ1n) is 4.72. The van der Waals surface area contributed by atoms with Crippen molar-refractivity contribution in [1.29, 1.82) is 10.7 Å². The average molecular weight is 227 g/mol. The second-order valence-corrected chi connectivity index (χ2v) is 3.27. The number of aromatic amines is 1. The number of rotatable bonds is 3. The molecule has 0 radical (unpaired) electrons. The topological polar surface area (TPSA) is 127 Å². The third-order valence-corrected chi connectivity index (χ3v) is 2.10. The minimum Gasteiger partial charge on any atom is -0.382 e. The van der Waals surface area contributed by atoms with E-state index < -0.39 is 0 Å². The zero-order valence-electron chi connectivity index (χ0n) is 8.73. The van der Waals surface area contributed by atoms with Crippen LogP contribution in [-0.2, 0) is 0 Å². The van der Waals surface area contributed by atoms with Crippen LogP contribution in [0.4, 0.5) is 5.69 Å². The fourth-order valence-electron chi connectivity index (χ4n) is 1.27. The Kier molecular flexibility index (Phi) is 2.70. The number of hydrogen-bond acceptors (Lipinski definition) is 5. The van der Waals surface area contributed by atoms with Crippen LogP contribution in [0.15, 0.2) is 29.5 Å². The largest absolute Gasteiger partial charge is 0.382 e. The first-order chi connectivity index (χ1) is 8.20. The summed E-state index contributed by atoms with van der Waals surface area (Å²) in [5.74, 6) is -0.373. The van der Waals surface area contributed by atoms with Gasteiger partial charge in [0, 0.05) is 5.39 Å². The van der Waals surface area contributed by atoms with Crippen molar-refractivity contribution in [1.82, 2.24) is 10.2 Å². The third-order valence-electron chi connectivity index (χ3n) is 2.10. The lowest BCUT2D eigenvalue weighted by Crippen LogP contribution is -2.21. The molecule has 1 aromatic carbocycles. The predicted octanol–water partition coefficient (Wildman–Crippen LogP) is 0.790. The number of benzene rings is 1. The second-order valence-electron chi connectivity index (χ2n) is 3.27. The molecule has 0 aliphatic rings. The molecule has 0 aliphatic carbocycles. The van der Waals surface area contributed by atoms with Gasteiger partial charge in [0.15, 0.2) is 5.84 Å². The molecule has 2 rings (SSSR count). The predicted molar refractivity (Wildman–Crippen MR) is 64.7 cm³/mol. The number of nitrogens with two attached hydrogens (primary N) is 1. The summed E-state index contributed by atoms with van der Waals surface area (Å²) < 4.78 is 0. The fourth-order valence-corrected chi connectivity index (χ4v) is 1.27. The lowest BCUT2D eigenvalue weighted by atomic mass is 10.2. The molecule has 1 heterocycles. The maximum absolute atomic E-state index is 8.66. The molecule has 1 aromatic heterocycles. The summed E-state index contributed by atoms with van der Waals surface area (Å²) in [6, 6.07) is 7.16. The Morgan fingerprint density at radius 2 is 2.41 bits per heavy atom. The van der Waals surface area contributed by atoms with E-state index in [2.05, 4.69) is 20.7 Å². The van der Waals surface area contributed by atoms with E-state index in [0.29, 0.717) is 5.69 Å². The molecule has 84 valence electrons. The number of hydrogen-bond donors (Lipinski definition) is 4. The number of nitrogens with one attached hydrogen (secondary N) is 3. The Labute approximate surface area is 96.4 Å². The van der Waals surface area contributed by atoms with E-state index in [1.54, 1.807) is 24.4 Å². The van der Waals surface area contributed by atoms with Crippen molar-refractivity contribution in [2.75, 3.05) is 5.43 Å². The normalized spacial score (nSPS) is 11.1. The summed E-state index contributed by atoms with van der Waals surface area (Å²) >= 11 is 0. The number of amidine groups is 1. The van der Waals surface area contributed by atoms with E-state index in [4.69, 9.17) is 16.4 Å². The Morgan fingerprint density at radius 3 is 3.12 bits per heavy atom. The van der Waals surface area contributed by atoms with Crippen molar-refractivity contribution in [3.8, 4) is 6.07 Å². The maximum atomic E-state index is 8.66. The van der Waals surface area contributed by atoms with Crippen LogP contribution in [0.2, 0.25) is 0 Å². The number of H-pyrrole nitrogens is 1. The molecule has 2 aromatic rings. The quantitative estimate of drug-likeness (QED) is 0.351. The van der Waals surface area contributed by atoms with E-state index in [1.165, 1.54) is 0 Å². The zero-order chi connectivity index (χ0) is 12.3. The van der Waals surface area contributed by atoms with Crippen molar-refractivity contribution in [2.24, 2.45) is 10.8 Å². The number of hydrazone groups is 1. The van der Waals surface area contributed by atoms with Crippen molar-refractivity contribution in [2.45, 2.75) is 0 Å². The van der Waals surface area contributed by atoms with Gasteiger partial charge < -0.3 is 5.73 Å². The second kappa shape index (κ2) is 4.32. The fraction of sp³-hybridized carbons (Fsp3) is 0.